The predicted octanol–water partition coefficient (Wildman–Crippen LogP) is 0.892. The molecule has 0 atom stereocenters. The normalized spacial score (nSPS) is 11.3. The minimum atomic E-state index is -0.281. The highest BCUT2D eigenvalue weighted by Gasteiger charge is 2.01. The second-order valence-electron chi connectivity index (χ2n) is 4.78. The molecule has 2 aromatic rings. The summed E-state index contributed by atoms with van der Waals surface area (Å²) < 4.78 is 6.84. The summed E-state index contributed by atoms with van der Waals surface area (Å²) in [5, 5.41) is 9.42. The van der Waals surface area contributed by atoms with Gasteiger partial charge in [0.2, 0.25) is 0 Å². The second kappa shape index (κ2) is 6.33. The Hall–Kier alpha value is -1.89. The van der Waals surface area contributed by atoms with Gasteiger partial charge in [0, 0.05) is 25.8 Å². The van der Waals surface area contributed by atoms with Crippen molar-refractivity contribution in [3.63, 3.8) is 0 Å². The minimum Gasteiger partial charge on any atom is -0.381 e. The molecule has 0 aromatic carbocycles. The van der Waals surface area contributed by atoms with E-state index in [0.29, 0.717) is 17.4 Å². The van der Waals surface area contributed by atoms with Crippen LogP contribution < -0.4 is 11.0 Å². The van der Waals surface area contributed by atoms with Gasteiger partial charge < -0.3 is 10.1 Å². The second-order valence-corrected chi connectivity index (χ2v) is 4.78. The van der Waals surface area contributed by atoms with Gasteiger partial charge in [0.05, 0.1) is 0 Å². The molecule has 104 valence electrons. The summed E-state index contributed by atoms with van der Waals surface area (Å²) >= 11 is 0. The quantitative estimate of drug-likeness (QED) is 0.726. The molecule has 0 unspecified atom stereocenters. The van der Waals surface area contributed by atoms with Crippen molar-refractivity contribution in [3.8, 4) is 0 Å². The summed E-state index contributed by atoms with van der Waals surface area (Å²) in [5.74, 6) is 1.27. The third-order valence-corrected chi connectivity index (χ3v) is 2.53. The smallest absolute Gasteiger partial charge is 0.348 e. The van der Waals surface area contributed by atoms with Gasteiger partial charge in [-0.2, -0.15) is 5.10 Å². The molecule has 7 nitrogen and oxygen atoms in total. The van der Waals surface area contributed by atoms with Gasteiger partial charge in [0.1, 0.15) is 12.1 Å². The number of anilines is 1. The highest BCUT2D eigenvalue weighted by atomic mass is 16.5. The van der Waals surface area contributed by atoms with Gasteiger partial charge in [0.15, 0.2) is 5.65 Å². The van der Waals surface area contributed by atoms with Crippen molar-refractivity contribution in [1.29, 1.82) is 0 Å². The van der Waals surface area contributed by atoms with Crippen molar-refractivity contribution in [2.24, 2.45) is 5.92 Å². The van der Waals surface area contributed by atoms with Crippen LogP contribution in [-0.4, -0.2) is 39.3 Å². The van der Waals surface area contributed by atoms with Crippen LogP contribution in [0.15, 0.2) is 17.2 Å². The maximum absolute atomic E-state index is 11.2. The van der Waals surface area contributed by atoms with Crippen molar-refractivity contribution in [2.45, 2.75) is 20.3 Å². The molecular formula is C12H19N5O2. The molecule has 2 rings (SSSR count). The summed E-state index contributed by atoms with van der Waals surface area (Å²) in [6, 6.07) is 1.73. The molecule has 2 N–H and O–H groups in total. The van der Waals surface area contributed by atoms with E-state index in [9.17, 15) is 4.79 Å². The molecule has 19 heavy (non-hydrogen) atoms. The third kappa shape index (κ3) is 3.78. The van der Waals surface area contributed by atoms with Crippen LogP contribution in [-0.2, 0) is 4.74 Å². The maximum Gasteiger partial charge on any atom is 0.348 e. The van der Waals surface area contributed by atoms with Gasteiger partial charge in [-0.1, -0.05) is 13.8 Å². The molecule has 0 bridgehead atoms. The lowest BCUT2D eigenvalue weighted by Crippen LogP contribution is -2.11. The van der Waals surface area contributed by atoms with Crippen LogP contribution in [0.1, 0.15) is 20.3 Å². The Labute approximate surface area is 111 Å². The van der Waals surface area contributed by atoms with Crippen molar-refractivity contribution in [1.82, 2.24) is 19.6 Å². The van der Waals surface area contributed by atoms with E-state index in [-0.39, 0.29) is 5.69 Å². The van der Waals surface area contributed by atoms with Gasteiger partial charge in [-0.15, -0.1) is 0 Å². The minimum absolute atomic E-state index is 0.281. The van der Waals surface area contributed by atoms with Gasteiger partial charge in [-0.05, 0) is 12.3 Å². The van der Waals surface area contributed by atoms with Crippen molar-refractivity contribution in [3.05, 3.63) is 22.9 Å². The Kier molecular flexibility index (Phi) is 4.51. The first kappa shape index (κ1) is 13.5. The Morgan fingerprint density at radius 3 is 3.16 bits per heavy atom. The topological polar surface area (TPSA) is 84.3 Å². The number of nitrogens with one attached hydrogen (secondary N) is 2. The fourth-order valence-electron chi connectivity index (χ4n) is 1.62. The van der Waals surface area contributed by atoms with Crippen molar-refractivity contribution in [2.75, 3.05) is 25.1 Å². The Morgan fingerprint density at radius 1 is 1.53 bits per heavy atom. The van der Waals surface area contributed by atoms with Crippen LogP contribution >= 0.6 is 0 Å². The van der Waals surface area contributed by atoms with E-state index in [2.05, 4.69) is 34.3 Å². The Balaban J connectivity index is 1.77. The number of hydrogen-bond acceptors (Lipinski definition) is 5. The first-order valence-corrected chi connectivity index (χ1v) is 6.41. The average Bonchev–Trinajstić information content (AvgIpc) is 2.75. The number of rotatable bonds is 7. The van der Waals surface area contributed by atoms with Crippen LogP contribution in [0.3, 0.4) is 0 Å². The summed E-state index contributed by atoms with van der Waals surface area (Å²) in [6.07, 6.45) is 2.37. The highest BCUT2D eigenvalue weighted by Crippen LogP contribution is 2.04. The lowest BCUT2D eigenvalue weighted by atomic mass is 10.2. The van der Waals surface area contributed by atoms with Gasteiger partial charge in [-0.25, -0.2) is 19.3 Å². The first-order valence-electron chi connectivity index (χ1n) is 6.41. The maximum atomic E-state index is 11.2. The highest BCUT2D eigenvalue weighted by molar-refractivity contribution is 5.48. The summed E-state index contributed by atoms with van der Waals surface area (Å²) in [4.78, 5) is 15.4. The zero-order chi connectivity index (χ0) is 13.7. The number of ether oxygens (including phenoxy) is 1. The average molecular weight is 265 g/mol. The van der Waals surface area contributed by atoms with E-state index in [1.54, 1.807) is 6.07 Å². The standard InChI is InChI=1S/C12H19N5O2/c1-9(2)7-19-5-3-4-13-10-6-11-15-16-12(18)17(11)8-14-10/h6,8-9,13H,3-5,7H2,1-2H3,(H,16,18). The number of aromatic amines is 1. The molecule has 0 aliphatic heterocycles. The lowest BCUT2D eigenvalue weighted by molar-refractivity contribution is 0.110. The monoisotopic (exact) mass is 265 g/mol. The zero-order valence-corrected chi connectivity index (χ0v) is 11.2. The number of aromatic nitrogens is 4. The molecule has 0 aliphatic rings. The Bertz CT molecular complexity index is 575. The molecule has 0 aliphatic carbocycles. The fraction of sp³-hybridized carbons (Fsp3) is 0.583. The van der Waals surface area contributed by atoms with E-state index in [0.717, 1.165) is 26.2 Å². The SMILES string of the molecule is CC(C)COCCCNc1cc2n[nH]c(=O)n2cn1. The predicted molar refractivity (Wildman–Crippen MR) is 72.4 cm³/mol. The zero-order valence-electron chi connectivity index (χ0n) is 11.2. The largest absolute Gasteiger partial charge is 0.381 e. The van der Waals surface area contributed by atoms with E-state index in [1.165, 1.54) is 10.7 Å². The van der Waals surface area contributed by atoms with Gasteiger partial charge in [0.25, 0.3) is 0 Å². The molecule has 2 heterocycles. The fourth-order valence-corrected chi connectivity index (χ4v) is 1.62. The van der Waals surface area contributed by atoms with Crippen LogP contribution in [0.2, 0.25) is 0 Å². The molecule has 0 amide bonds. The molecule has 0 fully saturated rings. The lowest BCUT2D eigenvalue weighted by Gasteiger charge is -2.07. The molecule has 0 spiro atoms. The first-order chi connectivity index (χ1) is 9.16. The van der Waals surface area contributed by atoms with Crippen LogP contribution in [0.5, 0.6) is 0 Å². The van der Waals surface area contributed by atoms with Crippen molar-refractivity contribution >= 4 is 11.5 Å². The molecule has 0 saturated heterocycles. The van der Waals surface area contributed by atoms with E-state index in [4.69, 9.17) is 4.74 Å². The van der Waals surface area contributed by atoms with E-state index in [1.807, 2.05) is 0 Å². The van der Waals surface area contributed by atoms with E-state index >= 15 is 0 Å². The van der Waals surface area contributed by atoms with Crippen LogP contribution in [0.25, 0.3) is 5.65 Å². The molecule has 0 radical (unpaired) electrons. The number of nitrogens with zero attached hydrogens (tertiary/aromatic N) is 3. The summed E-state index contributed by atoms with van der Waals surface area (Å²) in [5.41, 5.74) is 0.273. The van der Waals surface area contributed by atoms with Gasteiger partial charge in [-0.3, -0.25) is 0 Å². The third-order valence-electron chi connectivity index (χ3n) is 2.53. The van der Waals surface area contributed by atoms with Crippen molar-refractivity contribution < 1.29 is 4.74 Å². The Morgan fingerprint density at radius 2 is 2.37 bits per heavy atom. The molecular weight excluding hydrogens is 246 g/mol. The van der Waals surface area contributed by atoms with Crippen LogP contribution in [0.4, 0.5) is 5.82 Å². The number of hydrogen-bond donors (Lipinski definition) is 2. The van der Waals surface area contributed by atoms with Crippen LogP contribution in [0, 0.1) is 5.92 Å². The number of H-pyrrole nitrogens is 1. The molecule has 7 heteroatoms. The van der Waals surface area contributed by atoms with E-state index < -0.39 is 0 Å². The van der Waals surface area contributed by atoms with Gasteiger partial charge >= 0.3 is 5.69 Å². The summed E-state index contributed by atoms with van der Waals surface area (Å²) in [7, 11) is 0. The molecule has 2 aromatic heterocycles. The number of fused-ring (bicyclic) bond motifs is 1. The summed E-state index contributed by atoms with van der Waals surface area (Å²) in [6.45, 7) is 6.55. The molecule has 0 saturated carbocycles.